The number of piperidine rings is 1. The fourth-order valence-electron chi connectivity index (χ4n) is 4.42. The molecule has 1 amide bonds. The number of carbonyl (C=O) groups is 2. The zero-order valence-corrected chi connectivity index (χ0v) is 17.4. The molecule has 1 aliphatic carbocycles. The molecule has 1 aliphatic heterocycles. The van der Waals surface area contributed by atoms with Crippen molar-refractivity contribution in [2.24, 2.45) is 11.8 Å². The van der Waals surface area contributed by atoms with E-state index < -0.39 is 11.9 Å². The minimum atomic E-state index is -0.952. The van der Waals surface area contributed by atoms with Gasteiger partial charge < -0.3 is 10.4 Å². The molecule has 148 valence electrons. The molecular formula is C21H21Cl2NO3S. The summed E-state index contributed by atoms with van der Waals surface area (Å²) >= 11 is 14.0. The van der Waals surface area contributed by atoms with Crippen molar-refractivity contribution in [2.75, 3.05) is 0 Å². The fraction of sp³-hybridized carbons (Fsp3) is 0.429. The Kier molecular flexibility index (Phi) is 5.68. The zero-order valence-electron chi connectivity index (χ0n) is 15.1. The number of halogens is 2. The number of thiophene rings is 1. The van der Waals surface area contributed by atoms with Gasteiger partial charge in [-0.3, -0.25) is 9.59 Å². The van der Waals surface area contributed by atoms with Crippen molar-refractivity contribution in [3.63, 3.8) is 0 Å². The summed E-state index contributed by atoms with van der Waals surface area (Å²) in [5.74, 6) is -0.961. The van der Waals surface area contributed by atoms with Gasteiger partial charge in [-0.1, -0.05) is 35.3 Å². The van der Waals surface area contributed by atoms with Crippen LogP contribution in [0.1, 0.15) is 48.0 Å². The fourth-order valence-corrected chi connectivity index (χ4v) is 5.92. The van der Waals surface area contributed by atoms with Gasteiger partial charge in [-0.05, 0) is 55.0 Å². The molecule has 1 aromatic heterocycles. The third-order valence-corrected chi connectivity index (χ3v) is 7.36. The molecule has 0 spiro atoms. The number of amides is 1. The Hall–Kier alpha value is -1.56. The van der Waals surface area contributed by atoms with Crippen LogP contribution < -0.4 is 5.32 Å². The van der Waals surface area contributed by atoms with Gasteiger partial charge in [-0.25, -0.2) is 0 Å². The van der Waals surface area contributed by atoms with Crippen LogP contribution in [0.2, 0.25) is 9.36 Å². The van der Waals surface area contributed by atoms with Crippen LogP contribution in [0.3, 0.4) is 0 Å². The Morgan fingerprint density at radius 2 is 2.04 bits per heavy atom. The average Bonchev–Trinajstić information content (AvgIpc) is 3.38. The molecule has 0 bridgehead atoms. The van der Waals surface area contributed by atoms with Crippen molar-refractivity contribution in [1.29, 1.82) is 0 Å². The molecule has 1 saturated heterocycles. The second-order valence-electron chi connectivity index (χ2n) is 7.73. The summed E-state index contributed by atoms with van der Waals surface area (Å²) in [6, 6.07) is 11.5. The third kappa shape index (κ3) is 4.22. The van der Waals surface area contributed by atoms with Crippen LogP contribution in [-0.2, 0) is 9.59 Å². The monoisotopic (exact) mass is 437 g/mol. The summed E-state index contributed by atoms with van der Waals surface area (Å²) in [7, 11) is 0. The summed E-state index contributed by atoms with van der Waals surface area (Å²) in [6.45, 7) is 0. The Morgan fingerprint density at radius 1 is 1.25 bits per heavy atom. The van der Waals surface area contributed by atoms with E-state index in [1.54, 1.807) is 11.3 Å². The number of hydrogen-bond acceptors (Lipinski definition) is 3. The number of benzene rings is 1. The molecule has 1 aromatic carbocycles. The normalized spacial score (nSPS) is 25.9. The lowest BCUT2D eigenvalue weighted by molar-refractivity contribution is -0.142. The minimum Gasteiger partial charge on any atom is -0.481 e. The molecule has 0 radical (unpaired) electrons. The van der Waals surface area contributed by atoms with Crippen LogP contribution in [0, 0.1) is 11.8 Å². The molecule has 7 heteroatoms. The lowest BCUT2D eigenvalue weighted by atomic mass is 9.72. The molecule has 4 atom stereocenters. The Balaban J connectivity index is 1.71. The number of aliphatic carboxylic acids is 1. The van der Waals surface area contributed by atoms with Gasteiger partial charge in [-0.15, -0.1) is 11.3 Å². The first-order chi connectivity index (χ1) is 13.4. The first kappa shape index (κ1) is 19.7. The molecular weight excluding hydrogens is 417 g/mol. The van der Waals surface area contributed by atoms with E-state index in [1.165, 1.54) is 4.88 Å². The standard InChI is InChI=1S/C21H21Cl2NO3S/c22-14-3-1-2-12(8-14)15-9-13(10-18(25)26)21(27)24-20(15)19(11-4-5-11)16-6-7-17(23)28-16/h1-3,6-8,11,13,15,19-20H,4-5,9-10H2,(H,24,27)(H,25,26)/t13-,15-,19?,20+/m1/s1. The van der Waals surface area contributed by atoms with Crippen LogP contribution >= 0.6 is 34.5 Å². The zero-order chi connectivity index (χ0) is 19.8. The summed E-state index contributed by atoms with van der Waals surface area (Å²) in [5, 5.41) is 13.1. The molecule has 2 heterocycles. The molecule has 4 rings (SSSR count). The molecule has 1 unspecified atom stereocenters. The smallest absolute Gasteiger partial charge is 0.304 e. The van der Waals surface area contributed by atoms with Crippen LogP contribution in [0.15, 0.2) is 36.4 Å². The molecule has 2 fully saturated rings. The van der Waals surface area contributed by atoms with Gasteiger partial charge in [0.05, 0.1) is 10.8 Å². The Morgan fingerprint density at radius 3 is 2.64 bits per heavy atom. The predicted octanol–water partition coefficient (Wildman–Crippen LogP) is 5.31. The van der Waals surface area contributed by atoms with Crippen LogP contribution in [0.4, 0.5) is 0 Å². The summed E-state index contributed by atoms with van der Waals surface area (Å²) < 4.78 is 0.742. The van der Waals surface area contributed by atoms with Crippen molar-refractivity contribution < 1.29 is 14.7 Å². The highest BCUT2D eigenvalue weighted by Crippen LogP contribution is 2.51. The van der Waals surface area contributed by atoms with Crippen LogP contribution in [-0.4, -0.2) is 23.0 Å². The lowest BCUT2D eigenvalue weighted by Crippen LogP contribution is -2.52. The number of hydrogen-bond donors (Lipinski definition) is 2. The maximum atomic E-state index is 12.7. The largest absolute Gasteiger partial charge is 0.481 e. The number of carbonyl (C=O) groups excluding carboxylic acids is 1. The SMILES string of the molecule is O=C(O)C[C@H]1C[C@H](c2cccc(Cl)c2)[C@@H](C(c2ccc(Cl)s2)C2CC2)NC1=O. The highest BCUT2D eigenvalue weighted by Gasteiger charge is 2.46. The minimum absolute atomic E-state index is 0.00669. The lowest BCUT2D eigenvalue weighted by Gasteiger charge is -2.41. The van der Waals surface area contributed by atoms with Gasteiger partial charge in [0.25, 0.3) is 0 Å². The third-order valence-electron chi connectivity index (χ3n) is 5.79. The molecule has 1 saturated carbocycles. The molecule has 2 aliphatic rings. The molecule has 28 heavy (non-hydrogen) atoms. The van der Waals surface area contributed by atoms with Gasteiger partial charge in [0.15, 0.2) is 0 Å². The van der Waals surface area contributed by atoms with E-state index in [2.05, 4.69) is 11.4 Å². The van der Waals surface area contributed by atoms with Crippen molar-refractivity contribution in [3.8, 4) is 0 Å². The van der Waals surface area contributed by atoms with E-state index in [0.29, 0.717) is 17.4 Å². The summed E-state index contributed by atoms with van der Waals surface area (Å²) in [4.78, 5) is 25.2. The highest BCUT2D eigenvalue weighted by atomic mass is 35.5. The van der Waals surface area contributed by atoms with E-state index in [9.17, 15) is 14.7 Å². The topological polar surface area (TPSA) is 66.4 Å². The van der Waals surface area contributed by atoms with E-state index >= 15 is 0 Å². The van der Waals surface area contributed by atoms with Gasteiger partial charge in [0, 0.05) is 33.7 Å². The van der Waals surface area contributed by atoms with Crippen molar-refractivity contribution in [3.05, 3.63) is 56.2 Å². The summed E-state index contributed by atoms with van der Waals surface area (Å²) in [6.07, 6.45) is 2.61. The number of nitrogens with one attached hydrogen (secondary N) is 1. The van der Waals surface area contributed by atoms with Gasteiger partial charge in [-0.2, -0.15) is 0 Å². The average molecular weight is 438 g/mol. The Bertz CT molecular complexity index is 895. The van der Waals surface area contributed by atoms with Gasteiger partial charge in [0.2, 0.25) is 5.91 Å². The summed E-state index contributed by atoms with van der Waals surface area (Å²) in [5.41, 5.74) is 1.04. The number of rotatable bonds is 6. The van der Waals surface area contributed by atoms with E-state index in [0.717, 1.165) is 22.7 Å². The van der Waals surface area contributed by atoms with Crippen molar-refractivity contribution in [2.45, 2.75) is 43.6 Å². The maximum absolute atomic E-state index is 12.7. The predicted molar refractivity (Wildman–Crippen MR) is 111 cm³/mol. The maximum Gasteiger partial charge on any atom is 0.304 e. The second-order valence-corrected chi connectivity index (χ2v) is 9.91. The Labute approximate surface area is 177 Å². The van der Waals surface area contributed by atoms with Crippen molar-refractivity contribution >= 4 is 46.4 Å². The van der Waals surface area contributed by atoms with Crippen molar-refractivity contribution in [1.82, 2.24) is 5.32 Å². The van der Waals surface area contributed by atoms with E-state index in [-0.39, 0.29) is 30.2 Å². The highest BCUT2D eigenvalue weighted by molar-refractivity contribution is 7.16. The molecule has 2 N–H and O–H groups in total. The van der Waals surface area contributed by atoms with Crippen LogP contribution in [0.5, 0.6) is 0 Å². The quantitative estimate of drug-likeness (QED) is 0.642. The first-order valence-corrected chi connectivity index (χ1v) is 11.0. The first-order valence-electron chi connectivity index (χ1n) is 9.45. The molecule has 4 nitrogen and oxygen atoms in total. The van der Waals surface area contributed by atoms with E-state index in [1.807, 2.05) is 30.3 Å². The van der Waals surface area contributed by atoms with E-state index in [4.69, 9.17) is 23.2 Å². The number of carboxylic acids is 1. The second kappa shape index (κ2) is 8.05. The van der Waals surface area contributed by atoms with Gasteiger partial charge in [0.1, 0.15) is 0 Å². The van der Waals surface area contributed by atoms with Gasteiger partial charge >= 0.3 is 5.97 Å². The van der Waals surface area contributed by atoms with Crippen LogP contribution in [0.25, 0.3) is 0 Å². The molecule has 2 aromatic rings. The number of carboxylic acid groups (broad SMARTS) is 1.